The average Bonchev–Trinajstić information content (AvgIpc) is 2.97. The predicted molar refractivity (Wildman–Crippen MR) is 59.3 cm³/mol. The lowest BCUT2D eigenvalue weighted by molar-refractivity contribution is 0.171. The topological polar surface area (TPSA) is 39.7 Å². The normalized spacial score (nSPS) is 22.4. The molecule has 0 radical (unpaired) electrons. The van der Waals surface area contributed by atoms with Gasteiger partial charge in [0.2, 0.25) is 12.5 Å². The highest BCUT2D eigenvalue weighted by Crippen LogP contribution is 2.43. The Morgan fingerprint density at radius 1 is 1.38 bits per heavy atom. The summed E-state index contributed by atoms with van der Waals surface area (Å²) in [5.41, 5.74) is 1.27. The minimum absolute atomic E-state index is 0.290. The number of fused-ring (bicyclic) bond motifs is 1. The van der Waals surface area contributed by atoms with E-state index in [1.807, 2.05) is 0 Å². The second kappa shape index (κ2) is 3.87. The zero-order chi connectivity index (χ0) is 11.0. The first-order chi connectivity index (χ1) is 7.88. The molecule has 4 heteroatoms. The van der Waals surface area contributed by atoms with Gasteiger partial charge in [-0.05, 0) is 36.6 Å². The number of benzene rings is 1. The third-order valence-electron chi connectivity index (χ3n) is 3.21. The van der Waals surface area contributed by atoms with Gasteiger partial charge in [-0.25, -0.2) is 0 Å². The van der Waals surface area contributed by atoms with Crippen LogP contribution in [-0.4, -0.2) is 27.0 Å². The van der Waals surface area contributed by atoms with Crippen molar-refractivity contribution in [1.82, 2.24) is 5.32 Å². The molecule has 0 aromatic heterocycles. The summed E-state index contributed by atoms with van der Waals surface area (Å²) in [4.78, 5) is 0. The van der Waals surface area contributed by atoms with Crippen molar-refractivity contribution in [3.8, 4) is 17.2 Å². The van der Waals surface area contributed by atoms with Crippen LogP contribution in [0.15, 0.2) is 12.1 Å². The molecule has 0 bridgehead atoms. The molecule has 4 nitrogen and oxygen atoms in total. The van der Waals surface area contributed by atoms with E-state index >= 15 is 0 Å². The van der Waals surface area contributed by atoms with Crippen LogP contribution in [0.5, 0.6) is 17.2 Å². The largest absolute Gasteiger partial charge is 0.493 e. The lowest BCUT2D eigenvalue weighted by Crippen LogP contribution is -2.08. The number of rotatable bonds is 2. The van der Waals surface area contributed by atoms with E-state index in [2.05, 4.69) is 17.4 Å². The molecule has 16 heavy (non-hydrogen) atoms. The van der Waals surface area contributed by atoms with Crippen molar-refractivity contribution in [2.75, 3.05) is 27.0 Å². The standard InChI is InChI=1S/C12H15NO3/c1-14-10-4-9(8-2-3-13-6-8)5-11-12(10)16-7-15-11/h4-5,8,13H,2-3,6-7H2,1H3. The minimum Gasteiger partial charge on any atom is -0.493 e. The van der Waals surface area contributed by atoms with Gasteiger partial charge in [-0.3, -0.25) is 0 Å². The van der Waals surface area contributed by atoms with Gasteiger partial charge in [-0.2, -0.15) is 0 Å². The van der Waals surface area contributed by atoms with Crippen molar-refractivity contribution in [2.24, 2.45) is 0 Å². The number of hydrogen-bond acceptors (Lipinski definition) is 4. The highest BCUT2D eigenvalue weighted by molar-refractivity contribution is 5.55. The Kier molecular flexibility index (Phi) is 2.36. The minimum atomic E-state index is 0.290. The molecule has 1 unspecified atom stereocenters. The zero-order valence-electron chi connectivity index (χ0n) is 9.29. The molecule has 1 aromatic carbocycles. The van der Waals surface area contributed by atoms with Crippen molar-refractivity contribution in [3.63, 3.8) is 0 Å². The van der Waals surface area contributed by atoms with Crippen LogP contribution in [0.2, 0.25) is 0 Å². The Morgan fingerprint density at radius 2 is 2.31 bits per heavy atom. The maximum atomic E-state index is 5.42. The first-order valence-corrected chi connectivity index (χ1v) is 5.56. The SMILES string of the molecule is COc1cc(C2CCNC2)cc2c1OCO2. The average molecular weight is 221 g/mol. The first kappa shape index (κ1) is 9.78. The fourth-order valence-electron chi connectivity index (χ4n) is 2.32. The van der Waals surface area contributed by atoms with Gasteiger partial charge in [-0.1, -0.05) is 0 Å². The van der Waals surface area contributed by atoms with Crippen molar-refractivity contribution < 1.29 is 14.2 Å². The lowest BCUT2D eigenvalue weighted by Gasteiger charge is -2.12. The molecule has 2 aliphatic rings. The van der Waals surface area contributed by atoms with Gasteiger partial charge in [0.25, 0.3) is 0 Å². The van der Waals surface area contributed by atoms with Crippen LogP contribution in [0.3, 0.4) is 0 Å². The number of methoxy groups -OCH3 is 1. The summed E-state index contributed by atoms with van der Waals surface area (Å²) in [7, 11) is 1.66. The van der Waals surface area contributed by atoms with Crippen molar-refractivity contribution >= 4 is 0 Å². The summed E-state index contributed by atoms with van der Waals surface area (Å²) in [6, 6.07) is 4.13. The van der Waals surface area contributed by atoms with E-state index in [-0.39, 0.29) is 6.79 Å². The Morgan fingerprint density at radius 3 is 3.06 bits per heavy atom. The Labute approximate surface area is 94.5 Å². The maximum absolute atomic E-state index is 5.42. The fraction of sp³-hybridized carbons (Fsp3) is 0.500. The summed E-state index contributed by atoms with van der Waals surface area (Å²) in [6.07, 6.45) is 1.17. The molecule has 0 spiro atoms. The van der Waals surface area contributed by atoms with Gasteiger partial charge in [0.05, 0.1) is 7.11 Å². The van der Waals surface area contributed by atoms with Crippen LogP contribution >= 0.6 is 0 Å². The van der Waals surface area contributed by atoms with Crippen LogP contribution in [0.1, 0.15) is 17.9 Å². The van der Waals surface area contributed by atoms with Gasteiger partial charge in [-0.15, -0.1) is 0 Å². The van der Waals surface area contributed by atoms with Gasteiger partial charge in [0.1, 0.15) is 0 Å². The Bertz CT molecular complexity index is 399. The van der Waals surface area contributed by atoms with Gasteiger partial charge in [0, 0.05) is 6.54 Å². The number of nitrogens with one attached hydrogen (secondary N) is 1. The third kappa shape index (κ3) is 1.50. The molecule has 86 valence electrons. The molecule has 1 saturated heterocycles. The van der Waals surface area contributed by atoms with Crippen molar-refractivity contribution in [3.05, 3.63) is 17.7 Å². The number of hydrogen-bond donors (Lipinski definition) is 1. The Balaban J connectivity index is 2.00. The lowest BCUT2D eigenvalue weighted by atomic mass is 9.97. The molecule has 1 aromatic rings. The quantitative estimate of drug-likeness (QED) is 0.821. The summed E-state index contributed by atoms with van der Waals surface area (Å²) < 4.78 is 16.1. The van der Waals surface area contributed by atoms with E-state index in [4.69, 9.17) is 14.2 Å². The Hall–Kier alpha value is -1.42. The molecule has 0 aliphatic carbocycles. The summed E-state index contributed by atoms with van der Waals surface area (Å²) >= 11 is 0. The highest BCUT2D eigenvalue weighted by atomic mass is 16.7. The second-order valence-corrected chi connectivity index (χ2v) is 4.15. The van der Waals surface area contributed by atoms with Crippen LogP contribution in [0, 0.1) is 0 Å². The molecule has 2 heterocycles. The summed E-state index contributed by atoms with van der Waals surface area (Å²) in [5.74, 6) is 2.87. The van der Waals surface area contributed by atoms with E-state index in [0.717, 1.165) is 30.3 Å². The first-order valence-electron chi connectivity index (χ1n) is 5.56. The molecule has 1 N–H and O–H groups in total. The van der Waals surface area contributed by atoms with E-state index in [9.17, 15) is 0 Å². The van der Waals surface area contributed by atoms with Gasteiger partial charge < -0.3 is 19.5 Å². The fourth-order valence-corrected chi connectivity index (χ4v) is 2.32. The van der Waals surface area contributed by atoms with E-state index < -0.39 is 0 Å². The van der Waals surface area contributed by atoms with Crippen LogP contribution in [-0.2, 0) is 0 Å². The maximum Gasteiger partial charge on any atom is 0.231 e. The second-order valence-electron chi connectivity index (χ2n) is 4.15. The third-order valence-corrected chi connectivity index (χ3v) is 3.21. The molecule has 0 amide bonds. The molecule has 1 fully saturated rings. The van der Waals surface area contributed by atoms with Gasteiger partial charge in [0.15, 0.2) is 11.5 Å². The van der Waals surface area contributed by atoms with Crippen molar-refractivity contribution in [1.29, 1.82) is 0 Å². The monoisotopic (exact) mass is 221 g/mol. The highest BCUT2D eigenvalue weighted by Gasteiger charge is 2.24. The van der Waals surface area contributed by atoms with E-state index in [1.54, 1.807) is 7.11 Å². The molecular formula is C12H15NO3. The molecule has 1 atom stereocenters. The molecule has 2 aliphatic heterocycles. The molecule has 3 rings (SSSR count). The molecule has 0 saturated carbocycles. The summed E-state index contributed by atoms with van der Waals surface area (Å²) in [5, 5.41) is 3.36. The number of ether oxygens (including phenoxy) is 3. The van der Waals surface area contributed by atoms with Crippen molar-refractivity contribution in [2.45, 2.75) is 12.3 Å². The summed E-state index contributed by atoms with van der Waals surface area (Å²) in [6.45, 7) is 2.41. The van der Waals surface area contributed by atoms with Gasteiger partial charge >= 0.3 is 0 Å². The van der Waals surface area contributed by atoms with Crippen LogP contribution < -0.4 is 19.5 Å². The smallest absolute Gasteiger partial charge is 0.231 e. The van der Waals surface area contributed by atoms with Crippen LogP contribution in [0.25, 0.3) is 0 Å². The van der Waals surface area contributed by atoms with Crippen LogP contribution in [0.4, 0.5) is 0 Å². The van der Waals surface area contributed by atoms with E-state index in [1.165, 1.54) is 12.0 Å². The zero-order valence-corrected chi connectivity index (χ0v) is 9.29. The predicted octanol–water partition coefficient (Wildman–Crippen LogP) is 1.50. The van der Waals surface area contributed by atoms with E-state index in [0.29, 0.717) is 5.92 Å². The molecular weight excluding hydrogens is 206 g/mol.